The van der Waals surface area contributed by atoms with Crippen LogP contribution in [0.3, 0.4) is 0 Å². The van der Waals surface area contributed by atoms with E-state index in [1.54, 1.807) is 18.3 Å². The summed E-state index contributed by atoms with van der Waals surface area (Å²) < 4.78 is 32.8. The summed E-state index contributed by atoms with van der Waals surface area (Å²) >= 11 is 0. The predicted molar refractivity (Wildman–Crippen MR) is 93.6 cm³/mol. The van der Waals surface area contributed by atoms with Gasteiger partial charge in [0, 0.05) is 32.4 Å². The summed E-state index contributed by atoms with van der Waals surface area (Å²) in [5.74, 6) is 0.237. The molecular weight excluding hydrogens is 356 g/mol. The van der Waals surface area contributed by atoms with Crippen LogP contribution in [-0.2, 0) is 14.8 Å². The Morgan fingerprint density at radius 1 is 1.15 bits per heavy atom. The molecule has 2 fully saturated rings. The molecule has 8 nitrogen and oxygen atoms in total. The molecule has 1 atom stereocenters. The first kappa shape index (κ1) is 17.3. The summed E-state index contributed by atoms with van der Waals surface area (Å²) in [4.78, 5) is 14.5. The van der Waals surface area contributed by atoms with Gasteiger partial charge in [-0.3, -0.25) is 9.89 Å². The second-order valence-corrected chi connectivity index (χ2v) is 8.69. The largest absolute Gasteiger partial charge is 0.442 e. The molecule has 2 aliphatic heterocycles. The number of carbonyl (C=O) groups is 1. The third-order valence-corrected chi connectivity index (χ3v) is 6.83. The highest BCUT2D eigenvalue weighted by molar-refractivity contribution is 7.89. The average Bonchev–Trinajstić information content (AvgIpc) is 3.43. The first-order valence-corrected chi connectivity index (χ1v) is 10.4. The molecule has 1 N–H and O–H groups in total. The number of nitrogens with one attached hydrogen (secondary N) is 1. The van der Waals surface area contributed by atoms with Gasteiger partial charge in [0.1, 0.15) is 5.69 Å². The van der Waals surface area contributed by atoms with E-state index in [-0.39, 0.29) is 23.5 Å². The lowest BCUT2D eigenvalue weighted by Gasteiger charge is -2.32. The van der Waals surface area contributed by atoms with Gasteiger partial charge in [-0.15, -0.1) is 0 Å². The lowest BCUT2D eigenvalue weighted by Crippen LogP contribution is -2.46. The van der Waals surface area contributed by atoms with Crippen molar-refractivity contribution in [3.8, 4) is 11.5 Å². The minimum Gasteiger partial charge on any atom is -0.442 e. The molecule has 0 aromatic carbocycles. The van der Waals surface area contributed by atoms with Crippen LogP contribution in [0.2, 0.25) is 0 Å². The number of sulfonamides is 1. The topological polar surface area (TPSA) is 99.5 Å². The number of piperidine rings is 1. The van der Waals surface area contributed by atoms with Crippen molar-refractivity contribution in [1.29, 1.82) is 0 Å². The number of amides is 1. The highest BCUT2D eigenvalue weighted by Gasteiger charge is 2.37. The van der Waals surface area contributed by atoms with Crippen molar-refractivity contribution in [1.82, 2.24) is 19.4 Å². The Labute approximate surface area is 152 Å². The Balaban J connectivity index is 1.51. The van der Waals surface area contributed by atoms with Crippen LogP contribution in [0.1, 0.15) is 25.7 Å². The zero-order valence-electron chi connectivity index (χ0n) is 14.4. The molecule has 0 aliphatic carbocycles. The summed E-state index contributed by atoms with van der Waals surface area (Å²) in [5, 5.41) is 6.49. The SMILES string of the molecule is O=C([C@@H]1CCCN(S(=O)(=O)c2ccc(-c3ccn[nH]3)o2)C1)N1CCCC1. The van der Waals surface area contributed by atoms with E-state index in [1.165, 1.54) is 10.4 Å². The summed E-state index contributed by atoms with van der Waals surface area (Å²) in [6.45, 7) is 2.20. The molecule has 4 rings (SSSR count). The van der Waals surface area contributed by atoms with Gasteiger partial charge in [0.05, 0.1) is 5.92 Å². The maximum absolute atomic E-state index is 12.9. The van der Waals surface area contributed by atoms with Gasteiger partial charge < -0.3 is 9.32 Å². The van der Waals surface area contributed by atoms with Crippen molar-refractivity contribution < 1.29 is 17.6 Å². The minimum absolute atomic E-state index is 0.0833. The number of aromatic nitrogens is 2. The van der Waals surface area contributed by atoms with Gasteiger partial charge in [0.2, 0.25) is 11.0 Å². The van der Waals surface area contributed by atoms with Crippen LogP contribution in [-0.4, -0.2) is 59.9 Å². The van der Waals surface area contributed by atoms with Crippen molar-refractivity contribution in [2.75, 3.05) is 26.2 Å². The molecule has 0 bridgehead atoms. The summed E-state index contributed by atoms with van der Waals surface area (Å²) in [6, 6.07) is 4.77. The number of hydrogen-bond acceptors (Lipinski definition) is 5. The minimum atomic E-state index is -3.76. The molecule has 26 heavy (non-hydrogen) atoms. The van der Waals surface area contributed by atoms with E-state index in [0.717, 1.165) is 32.4 Å². The zero-order chi connectivity index (χ0) is 18.1. The van der Waals surface area contributed by atoms with E-state index in [0.29, 0.717) is 24.4 Å². The molecule has 1 amide bonds. The van der Waals surface area contributed by atoms with Crippen molar-refractivity contribution in [2.24, 2.45) is 5.92 Å². The number of nitrogens with zero attached hydrogens (tertiary/aromatic N) is 3. The molecule has 0 spiro atoms. The molecule has 9 heteroatoms. The molecule has 2 aromatic rings. The third kappa shape index (κ3) is 3.16. The number of H-pyrrole nitrogens is 1. The van der Waals surface area contributed by atoms with E-state index < -0.39 is 10.0 Å². The second-order valence-electron chi connectivity index (χ2n) is 6.82. The fourth-order valence-corrected chi connectivity index (χ4v) is 5.12. The quantitative estimate of drug-likeness (QED) is 0.873. The normalized spacial score (nSPS) is 22.0. The number of rotatable bonds is 4. The smallest absolute Gasteiger partial charge is 0.276 e. The Morgan fingerprint density at radius 3 is 2.69 bits per heavy atom. The monoisotopic (exact) mass is 378 g/mol. The highest BCUT2D eigenvalue weighted by atomic mass is 32.2. The molecule has 2 saturated heterocycles. The fourth-order valence-electron chi connectivity index (χ4n) is 3.68. The van der Waals surface area contributed by atoms with Crippen molar-refractivity contribution in [3.63, 3.8) is 0 Å². The van der Waals surface area contributed by atoms with Crippen LogP contribution in [0.5, 0.6) is 0 Å². The molecule has 0 saturated carbocycles. The van der Waals surface area contributed by atoms with E-state index in [9.17, 15) is 13.2 Å². The molecule has 4 heterocycles. The van der Waals surface area contributed by atoms with E-state index >= 15 is 0 Å². The lowest BCUT2D eigenvalue weighted by molar-refractivity contribution is -0.135. The van der Waals surface area contributed by atoms with Gasteiger partial charge in [-0.1, -0.05) is 0 Å². The molecular formula is C17H22N4O4S. The summed E-state index contributed by atoms with van der Waals surface area (Å²) in [5.41, 5.74) is 0.618. The molecule has 2 aromatic heterocycles. The van der Waals surface area contributed by atoms with Gasteiger partial charge in [-0.25, -0.2) is 8.42 Å². The number of aromatic amines is 1. The maximum Gasteiger partial charge on any atom is 0.276 e. The predicted octanol–water partition coefficient (Wildman–Crippen LogP) is 1.69. The molecule has 0 unspecified atom stereocenters. The second kappa shape index (κ2) is 6.88. The van der Waals surface area contributed by atoms with Gasteiger partial charge in [-0.2, -0.15) is 9.40 Å². The lowest BCUT2D eigenvalue weighted by atomic mass is 9.98. The van der Waals surface area contributed by atoms with Crippen molar-refractivity contribution in [3.05, 3.63) is 24.4 Å². The number of hydrogen-bond donors (Lipinski definition) is 1. The van der Waals surface area contributed by atoms with Gasteiger partial charge in [-0.05, 0) is 43.9 Å². The van der Waals surface area contributed by atoms with Crippen LogP contribution >= 0.6 is 0 Å². The molecule has 140 valence electrons. The maximum atomic E-state index is 12.9. The van der Waals surface area contributed by atoms with Crippen molar-refractivity contribution >= 4 is 15.9 Å². The molecule has 0 radical (unpaired) electrons. The van der Waals surface area contributed by atoms with E-state index in [1.807, 2.05) is 4.90 Å². The fraction of sp³-hybridized carbons (Fsp3) is 0.529. The summed E-state index contributed by atoms with van der Waals surface area (Å²) in [6.07, 6.45) is 5.05. The number of furan rings is 1. The highest BCUT2D eigenvalue weighted by Crippen LogP contribution is 2.29. The number of carbonyl (C=O) groups excluding carboxylic acids is 1. The van der Waals surface area contributed by atoms with Crippen LogP contribution in [0.25, 0.3) is 11.5 Å². The van der Waals surface area contributed by atoms with Gasteiger partial charge >= 0.3 is 0 Å². The summed E-state index contributed by atoms with van der Waals surface area (Å²) in [7, 11) is -3.76. The van der Waals surface area contributed by atoms with Crippen LogP contribution in [0, 0.1) is 5.92 Å². The standard InChI is InChI=1S/C17H22N4O4S/c22-17(20-9-1-2-10-20)13-4-3-11-21(12-13)26(23,24)16-6-5-15(25-16)14-7-8-18-19-14/h5-8,13H,1-4,9-12H2,(H,18,19)/t13-/m1/s1. The third-order valence-electron chi connectivity index (χ3n) is 5.09. The Bertz CT molecular complexity index is 868. The van der Waals surface area contributed by atoms with E-state index in [4.69, 9.17) is 4.42 Å². The Hall–Kier alpha value is -2.13. The van der Waals surface area contributed by atoms with Crippen LogP contribution < -0.4 is 0 Å². The average molecular weight is 378 g/mol. The molecule has 2 aliphatic rings. The van der Waals surface area contributed by atoms with Crippen molar-refractivity contribution in [2.45, 2.75) is 30.8 Å². The zero-order valence-corrected chi connectivity index (χ0v) is 15.2. The van der Waals surface area contributed by atoms with E-state index in [2.05, 4.69) is 10.2 Å². The Kier molecular flexibility index (Phi) is 4.58. The first-order valence-electron chi connectivity index (χ1n) is 8.94. The van der Waals surface area contributed by atoms with Gasteiger partial charge in [0.25, 0.3) is 10.0 Å². The van der Waals surface area contributed by atoms with Crippen LogP contribution in [0.15, 0.2) is 33.9 Å². The van der Waals surface area contributed by atoms with Gasteiger partial charge in [0.15, 0.2) is 5.76 Å². The number of likely N-dealkylation sites (tertiary alicyclic amines) is 1. The van der Waals surface area contributed by atoms with Crippen LogP contribution in [0.4, 0.5) is 0 Å². The Morgan fingerprint density at radius 2 is 1.96 bits per heavy atom. The first-order chi connectivity index (χ1) is 12.6.